The first-order valence-electron chi connectivity index (χ1n) is 9.12. The lowest BCUT2D eigenvalue weighted by Crippen LogP contribution is -2.34. The molecule has 1 N–H and O–H groups in total. The molecule has 2 aromatic rings. The van der Waals surface area contributed by atoms with Gasteiger partial charge in [0.25, 0.3) is 0 Å². The van der Waals surface area contributed by atoms with Gasteiger partial charge in [-0.2, -0.15) is 0 Å². The summed E-state index contributed by atoms with van der Waals surface area (Å²) >= 11 is 0. The fourth-order valence-corrected chi connectivity index (χ4v) is 4.11. The molecule has 5 nitrogen and oxygen atoms in total. The highest BCUT2D eigenvalue weighted by Crippen LogP contribution is 2.30. The molecule has 1 unspecified atom stereocenters. The van der Waals surface area contributed by atoms with Crippen LogP contribution in [0, 0.1) is 0 Å². The number of nitrogens with zero attached hydrogens (tertiary/aromatic N) is 4. The van der Waals surface area contributed by atoms with Crippen LogP contribution in [0.25, 0.3) is 11.2 Å². The van der Waals surface area contributed by atoms with Crippen LogP contribution >= 0.6 is 0 Å². The van der Waals surface area contributed by atoms with Crippen LogP contribution in [-0.4, -0.2) is 51.7 Å². The van der Waals surface area contributed by atoms with Crippen molar-refractivity contribution in [2.24, 2.45) is 0 Å². The van der Waals surface area contributed by atoms with Crippen LogP contribution in [0.3, 0.4) is 0 Å². The van der Waals surface area contributed by atoms with Crippen molar-refractivity contribution in [2.75, 3.05) is 26.2 Å². The zero-order chi connectivity index (χ0) is 15.6. The van der Waals surface area contributed by atoms with E-state index in [1.54, 1.807) is 0 Å². The molecule has 1 atom stereocenters. The van der Waals surface area contributed by atoms with Crippen molar-refractivity contribution < 1.29 is 0 Å². The molecule has 4 heterocycles. The zero-order valence-electron chi connectivity index (χ0n) is 14.0. The Morgan fingerprint density at radius 1 is 1.26 bits per heavy atom. The average molecular weight is 313 g/mol. The number of pyridine rings is 1. The van der Waals surface area contributed by atoms with Gasteiger partial charge in [-0.05, 0) is 64.0 Å². The predicted octanol–water partition coefficient (Wildman–Crippen LogP) is 2.38. The Morgan fingerprint density at radius 3 is 2.87 bits per heavy atom. The van der Waals surface area contributed by atoms with Crippen molar-refractivity contribution in [1.29, 1.82) is 0 Å². The average Bonchev–Trinajstić information content (AvgIpc) is 3.24. The normalized spacial score (nSPS) is 23.8. The number of hydrogen-bond donors (Lipinski definition) is 1. The summed E-state index contributed by atoms with van der Waals surface area (Å²) in [7, 11) is 0. The maximum Gasteiger partial charge on any atom is 0.160 e. The van der Waals surface area contributed by atoms with E-state index in [-0.39, 0.29) is 0 Å². The van der Waals surface area contributed by atoms with Gasteiger partial charge in [0.15, 0.2) is 5.65 Å². The first kappa shape index (κ1) is 15.1. The van der Waals surface area contributed by atoms with Crippen LogP contribution in [0.1, 0.15) is 44.3 Å². The van der Waals surface area contributed by atoms with Gasteiger partial charge in [0.05, 0.1) is 0 Å². The van der Waals surface area contributed by atoms with Crippen molar-refractivity contribution in [3.8, 4) is 0 Å². The van der Waals surface area contributed by atoms with E-state index in [4.69, 9.17) is 4.98 Å². The highest BCUT2D eigenvalue weighted by molar-refractivity contribution is 5.71. The lowest BCUT2D eigenvalue weighted by molar-refractivity contribution is 0.217. The number of piperidine rings is 1. The van der Waals surface area contributed by atoms with Gasteiger partial charge < -0.3 is 14.8 Å². The number of fused-ring (bicyclic) bond motifs is 1. The Kier molecular flexibility index (Phi) is 4.31. The lowest BCUT2D eigenvalue weighted by atomic mass is 9.96. The lowest BCUT2D eigenvalue weighted by Gasteiger charge is -2.31. The fourth-order valence-electron chi connectivity index (χ4n) is 4.11. The minimum atomic E-state index is 0.573. The molecule has 0 aromatic carbocycles. The maximum absolute atomic E-state index is 4.98. The number of aromatic nitrogens is 3. The summed E-state index contributed by atoms with van der Waals surface area (Å²) < 4.78 is 2.41. The number of nitrogens with one attached hydrogen (secondary N) is 1. The number of hydrogen-bond acceptors (Lipinski definition) is 4. The van der Waals surface area contributed by atoms with Crippen molar-refractivity contribution in [3.05, 3.63) is 24.2 Å². The molecule has 2 aromatic heterocycles. The van der Waals surface area contributed by atoms with Crippen LogP contribution < -0.4 is 5.32 Å². The van der Waals surface area contributed by atoms with Gasteiger partial charge >= 0.3 is 0 Å². The molecular weight excluding hydrogens is 286 g/mol. The second-order valence-corrected chi connectivity index (χ2v) is 6.93. The highest BCUT2D eigenvalue weighted by atomic mass is 15.2. The topological polar surface area (TPSA) is 46.0 Å². The van der Waals surface area contributed by atoms with Gasteiger partial charge in [-0.3, -0.25) is 0 Å². The summed E-state index contributed by atoms with van der Waals surface area (Å²) in [6, 6.07) is 4.67. The Labute approximate surface area is 138 Å². The first-order valence-corrected chi connectivity index (χ1v) is 9.12. The third-order valence-corrected chi connectivity index (χ3v) is 5.50. The standard InChI is InChI=1S/C18H27N5/c1-2-22-11-7-14(8-12-22)17-21-16-6-4-10-20-18(16)23(17)13-15-5-3-9-19-15/h4,6,10,14-15,19H,2-3,5,7-9,11-13H2,1H3. The quantitative estimate of drug-likeness (QED) is 0.941. The van der Waals surface area contributed by atoms with Crippen LogP contribution in [0.2, 0.25) is 0 Å². The van der Waals surface area contributed by atoms with E-state index in [1.807, 2.05) is 12.3 Å². The molecule has 2 fully saturated rings. The molecule has 2 aliphatic rings. The molecule has 2 saturated heterocycles. The van der Waals surface area contributed by atoms with Gasteiger partial charge in [0, 0.05) is 24.7 Å². The summed E-state index contributed by atoms with van der Waals surface area (Å²) in [5.41, 5.74) is 2.12. The SMILES string of the molecule is CCN1CCC(c2nc3cccnc3n2CC2CCCN2)CC1. The van der Waals surface area contributed by atoms with E-state index in [0.29, 0.717) is 12.0 Å². The van der Waals surface area contributed by atoms with Crippen molar-refractivity contribution in [2.45, 2.75) is 51.1 Å². The minimum absolute atomic E-state index is 0.573. The second-order valence-electron chi connectivity index (χ2n) is 6.93. The maximum atomic E-state index is 4.98. The summed E-state index contributed by atoms with van der Waals surface area (Å²) in [6.07, 6.45) is 6.88. The minimum Gasteiger partial charge on any atom is -0.312 e. The largest absolute Gasteiger partial charge is 0.312 e. The summed E-state index contributed by atoms with van der Waals surface area (Å²) in [5.74, 6) is 1.84. The Morgan fingerprint density at radius 2 is 2.13 bits per heavy atom. The Balaban J connectivity index is 1.64. The molecule has 0 amide bonds. The summed E-state index contributed by atoms with van der Waals surface area (Å²) in [4.78, 5) is 12.2. The Bertz CT molecular complexity index is 650. The molecule has 4 rings (SSSR count). The van der Waals surface area contributed by atoms with Crippen molar-refractivity contribution in [3.63, 3.8) is 0 Å². The predicted molar refractivity (Wildman–Crippen MR) is 92.6 cm³/mol. The molecule has 23 heavy (non-hydrogen) atoms. The molecule has 0 radical (unpaired) electrons. The third kappa shape index (κ3) is 3.00. The molecule has 0 bridgehead atoms. The zero-order valence-corrected chi connectivity index (χ0v) is 14.0. The van der Waals surface area contributed by atoms with Gasteiger partial charge in [-0.25, -0.2) is 9.97 Å². The first-order chi connectivity index (χ1) is 11.3. The molecule has 0 aliphatic carbocycles. The van der Waals surface area contributed by atoms with E-state index in [2.05, 4.69) is 32.8 Å². The van der Waals surface area contributed by atoms with Gasteiger partial charge in [0.1, 0.15) is 11.3 Å². The smallest absolute Gasteiger partial charge is 0.160 e. The molecule has 5 heteroatoms. The monoisotopic (exact) mass is 313 g/mol. The van der Waals surface area contributed by atoms with E-state index in [9.17, 15) is 0 Å². The molecular formula is C18H27N5. The molecule has 0 saturated carbocycles. The van der Waals surface area contributed by atoms with Crippen molar-refractivity contribution in [1.82, 2.24) is 24.8 Å². The van der Waals surface area contributed by atoms with E-state index in [0.717, 1.165) is 30.8 Å². The number of rotatable bonds is 4. The van der Waals surface area contributed by atoms with E-state index < -0.39 is 0 Å². The second kappa shape index (κ2) is 6.57. The molecule has 124 valence electrons. The highest BCUT2D eigenvalue weighted by Gasteiger charge is 2.26. The van der Waals surface area contributed by atoms with E-state index >= 15 is 0 Å². The third-order valence-electron chi connectivity index (χ3n) is 5.50. The summed E-state index contributed by atoms with van der Waals surface area (Å²) in [5, 5.41) is 3.62. The number of likely N-dealkylation sites (tertiary alicyclic amines) is 1. The fraction of sp³-hybridized carbons (Fsp3) is 0.667. The van der Waals surface area contributed by atoms with Crippen molar-refractivity contribution >= 4 is 11.2 Å². The van der Waals surface area contributed by atoms with Crippen LogP contribution in [-0.2, 0) is 6.54 Å². The Hall–Kier alpha value is -1.46. The molecule has 2 aliphatic heterocycles. The molecule has 0 spiro atoms. The van der Waals surface area contributed by atoms with Crippen LogP contribution in [0.4, 0.5) is 0 Å². The summed E-state index contributed by atoms with van der Waals surface area (Å²) in [6.45, 7) is 7.96. The number of imidazole rings is 1. The van der Waals surface area contributed by atoms with Crippen LogP contribution in [0.15, 0.2) is 18.3 Å². The van der Waals surface area contributed by atoms with E-state index in [1.165, 1.54) is 44.6 Å². The van der Waals surface area contributed by atoms with Gasteiger partial charge in [-0.15, -0.1) is 0 Å². The van der Waals surface area contributed by atoms with Gasteiger partial charge in [0.2, 0.25) is 0 Å². The van der Waals surface area contributed by atoms with Gasteiger partial charge in [-0.1, -0.05) is 6.92 Å². The van der Waals surface area contributed by atoms with Crippen LogP contribution in [0.5, 0.6) is 0 Å².